The Morgan fingerprint density at radius 1 is 1.61 bits per heavy atom. The van der Waals surface area contributed by atoms with Gasteiger partial charge in [-0.3, -0.25) is 4.79 Å². The molecule has 3 atom stereocenters. The molecule has 3 heteroatoms. The van der Waals surface area contributed by atoms with Gasteiger partial charge in [-0.15, -0.1) is 6.58 Å². The van der Waals surface area contributed by atoms with Gasteiger partial charge in [-0.05, 0) is 18.8 Å². The van der Waals surface area contributed by atoms with E-state index in [0.717, 1.165) is 5.57 Å². The van der Waals surface area contributed by atoms with Crippen molar-refractivity contribution in [3.63, 3.8) is 0 Å². The Morgan fingerprint density at radius 2 is 2.17 bits per heavy atom. The third kappa shape index (κ3) is 3.12. The number of halogens is 1. The fourth-order valence-corrected chi connectivity index (χ4v) is 2.94. The number of ketones is 1. The Kier molecular flexibility index (Phi) is 4.60. The van der Waals surface area contributed by atoms with E-state index in [-0.39, 0.29) is 21.9 Å². The van der Waals surface area contributed by atoms with Crippen LogP contribution in [0.2, 0.25) is 0 Å². The van der Waals surface area contributed by atoms with Gasteiger partial charge in [0, 0.05) is 17.2 Å². The lowest BCUT2D eigenvalue weighted by atomic mass is 9.67. The third-order valence-electron chi connectivity index (χ3n) is 4.03. The summed E-state index contributed by atoms with van der Waals surface area (Å²) in [6.07, 6.45) is 4.62. The number of hydrogen-bond acceptors (Lipinski definition) is 2. The summed E-state index contributed by atoms with van der Waals surface area (Å²) in [7, 11) is 0. The molecular weight excluding hydrogens is 292 g/mol. The van der Waals surface area contributed by atoms with E-state index < -0.39 is 5.60 Å². The van der Waals surface area contributed by atoms with Crippen molar-refractivity contribution in [1.82, 2.24) is 0 Å². The number of aliphatic hydroxyl groups is 1. The topological polar surface area (TPSA) is 37.3 Å². The van der Waals surface area contributed by atoms with E-state index >= 15 is 0 Å². The maximum Gasteiger partial charge on any atom is 0.140 e. The van der Waals surface area contributed by atoms with Gasteiger partial charge in [0.2, 0.25) is 0 Å². The molecular formula is C15H23BrO2. The van der Waals surface area contributed by atoms with Gasteiger partial charge in [0.25, 0.3) is 0 Å². The molecule has 0 amide bonds. The molecule has 1 N–H and O–H groups in total. The van der Waals surface area contributed by atoms with Crippen LogP contribution in [0.1, 0.15) is 40.5 Å². The SMILES string of the molecule is C=CC(C)(O)C/C=C1/C(C)C(=O)CC(Br)C1(C)C. The first-order chi connectivity index (χ1) is 8.12. The number of allylic oxidation sites excluding steroid dienone is 1. The summed E-state index contributed by atoms with van der Waals surface area (Å²) in [4.78, 5) is 12.1. The number of Topliss-reactive ketones (excluding diaryl/α,β-unsaturated/α-hetero) is 1. The number of rotatable bonds is 3. The van der Waals surface area contributed by atoms with Crippen LogP contribution in [0.3, 0.4) is 0 Å². The Balaban J connectivity index is 3.05. The minimum atomic E-state index is -0.912. The molecule has 0 radical (unpaired) electrons. The first kappa shape index (κ1) is 15.6. The average molecular weight is 315 g/mol. The molecule has 0 spiro atoms. The Labute approximate surface area is 118 Å². The molecule has 2 nitrogen and oxygen atoms in total. The van der Waals surface area contributed by atoms with Crippen LogP contribution in [0.4, 0.5) is 0 Å². The second kappa shape index (κ2) is 5.30. The number of alkyl halides is 1. The van der Waals surface area contributed by atoms with Crippen LogP contribution in [0, 0.1) is 11.3 Å². The summed E-state index contributed by atoms with van der Waals surface area (Å²) in [5.74, 6) is 0.204. The lowest BCUT2D eigenvalue weighted by Gasteiger charge is -2.41. The Hall–Kier alpha value is -0.410. The highest BCUT2D eigenvalue weighted by Crippen LogP contribution is 2.45. The largest absolute Gasteiger partial charge is 0.386 e. The van der Waals surface area contributed by atoms with Gasteiger partial charge in [-0.2, -0.15) is 0 Å². The molecule has 0 aromatic heterocycles. The van der Waals surface area contributed by atoms with Gasteiger partial charge in [-0.1, -0.05) is 54.4 Å². The Morgan fingerprint density at radius 3 is 2.67 bits per heavy atom. The van der Waals surface area contributed by atoms with E-state index in [1.807, 2.05) is 13.0 Å². The summed E-state index contributed by atoms with van der Waals surface area (Å²) in [6, 6.07) is 0. The van der Waals surface area contributed by atoms with E-state index in [2.05, 4.69) is 36.4 Å². The van der Waals surface area contributed by atoms with Crippen molar-refractivity contribution in [3.8, 4) is 0 Å². The van der Waals surface area contributed by atoms with Crippen LogP contribution in [0.25, 0.3) is 0 Å². The molecule has 0 aliphatic heterocycles. The lowest BCUT2D eigenvalue weighted by Crippen LogP contribution is -2.40. The van der Waals surface area contributed by atoms with Gasteiger partial charge in [-0.25, -0.2) is 0 Å². The quantitative estimate of drug-likeness (QED) is 0.638. The van der Waals surface area contributed by atoms with Crippen LogP contribution >= 0.6 is 15.9 Å². The monoisotopic (exact) mass is 314 g/mol. The summed E-state index contributed by atoms with van der Waals surface area (Å²) in [5, 5.41) is 9.98. The van der Waals surface area contributed by atoms with Crippen molar-refractivity contribution in [2.75, 3.05) is 0 Å². The van der Waals surface area contributed by atoms with Crippen LogP contribution in [-0.2, 0) is 4.79 Å². The van der Waals surface area contributed by atoms with Crippen molar-refractivity contribution >= 4 is 21.7 Å². The van der Waals surface area contributed by atoms with Crippen molar-refractivity contribution in [1.29, 1.82) is 0 Å². The molecule has 0 aromatic carbocycles. The predicted molar refractivity (Wildman–Crippen MR) is 78.8 cm³/mol. The molecule has 1 aliphatic carbocycles. The summed E-state index contributed by atoms with van der Waals surface area (Å²) in [5.41, 5.74) is 0.137. The average Bonchev–Trinajstić information content (AvgIpc) is 2.26. The van der Waals surface area contributed by atoms with Crippen LogP contribution in [0.5, 0.6) is 0 Å². The van der Waals surface area contributed by atoms with Crippen molar-refractivity contribution in [2.24, 2.45) is 11.3 Å². The van der Waals surface area contributed by atoms with Crippen molar-refractivity contribution in [2.45, 2.75) is 51.0 Å². The number of carbonyl (C=O) groups excluding carboxylic acids is 1. The zero-order chi connectivity index (χ0) is 14.1. The van der Waals surface area contributed by atoms with E-state index in [9.17, 15) is 9.90 Å². The summed E-state index contributed by atoms with van der Waals surface area (Å²) >= 11 is 3.61. The number of hydrogen-bond donors (Lipinski definition) is 1. The maximum absolute atomic E-state index is 11.9. The minimum Gasteiger partial charge on any atom is -0.386 e. The molecule has 1 saturated carbocycles. The summed E-state index contributed by atoms with van der Waals surface area (Å²) in [6.45, 7) is 11.6. The second-order valence-electron chi connectivity index (χ2n) is 6.01. The standard InChI is InChI=1S/C15H23BrO2/c1-6-15(5,18)8-7-11-10(2)12(17)9-13(16)14(11,3)4/h6-7,10,13,18H,1,8-9H2,2-5H3/b11-7-. The van der Waals surface area contributed by atoms with Gasteiger partial charge in [0.1, 0.15) is 5.78 Å². The van der Waals surface area contributed by atoms with Gasteiger partial charge in [0.15, 0.2) is 0 Å². The minimum absolute atomic E-state index is 0.0607. The molecule has 1 fully saturated rings. The first-order valence-electron chi connectivity index (χ1n) is 6.35. The zero-order valence-electron chi connectivity index (χ0n) is 11.7. The molecule has 18 heavy (non-hydrogen) atoms. The highest BCUT2D eigenvalue weighted by molar-refractivity contribution is 9.09. The highest BCUT2D eigenvalue weighted by atomic mass is 79.9. The van der Waals surface area contributed by atoms with Crippen LogP contribution in [0.15, 0.2) is 24.3 Å². The third-order valence-corrected chi connectivity index (χ3v) is 5.50. The van der Waals surface area contributed by atoms with Crippen molar-refractivity contribution < 1.29 is 9.90 Å². The molecule has 0 saturated heterocycles. The molecule has 3 unspecified atom stereocenters. The fourth-order valence-electron chi connectivity index (χ4n) is 2.36. The van der Waals surface area contributed by atoms with E-state index in [4.69, 9.17) is 0 Å². The van der Waals surface area contributed by atoms with E-state index in [0.29, 0.717) is 12.8 Å². The van der Waals surface area contributed by atoms with E-state index in [1.165, 1.54) is 6.08 Å². The summed E-state index contributed by atoms with van der Waals surface area (Å²) < 4.78 is 0. The van der Waals surface area contributed by atoms with Gasteiger partial charge >= 0.3 is 0 Å². The predicted octanol–water partition coefficient (Wildman–Crippen LogP) is 3.64. The molecule has 1 aliphatic rings. The van der Waals surface area contributed by atoms with Crippen LogP contribution < -0.4 is 0 Å². The number of carbonyl (C=O) groups is 1. The highest BCUT2D eigenvalue weighted by Gasteiger charge is 2.42. The fraction of sp³-hybridized carbons (Fsp3) is 0.667. The van der Waals surface area contributed by atoms with Crippen LogP contribution in [-0.4, -0.2) is 21.3 Å². The van der Waals surface area contributed by atoms with Gasteiger partial charge in [0.05, 0.1) is 5.60 Å². The normalized spacial score (nSPS) is 33.2. The molecule has 0 heterocycles. The zero-order valence-corrected chi connectivity index (χ0v) is 13.3. The maximum atomic E-state index is 11.9. The molecule has 0 bridgehead atoms. The van der Waals surface area contributed by atoms with Gasteiger partial charge < -0.3 is 5.11 Å². The smallest absolute Gasteiger partial charge is 0.140 e. The molecule has 0 aromatic rings. The Bertz CT molecular complexity index is 380. The molecule has 102 valence electrons. The second-order valence-corrected chi connectivity index (χ2v) is 7.11. The lowest BCUT2D eigenvalue weighted by molar-refractivity contribution is -0.123. The van der Waals surface area contributed by atoms with E-state index in [1.54, 1.807) is 6.92 Å². The first-order valence-corrected chi connectivity index (χ1v) is 7.26. The molecule has 1 rings (SSSR count). The van der Waals surface area contributed by atoms with Crippen molar-refractivity contribution in [3.05, 3.63) is 24.3 Å².